The van der Waals surface area contributed by atoms with Crippen LogP contribution < -0.4 is 15.7 Å². The summed E-state index contributed by atoms with van der Waals surface area (Å²) in [6.45, 7) is 1.62. The van der Waals surface area contributed by atoms with Gasteiger partial charge in [-0.15, -0.1) is 0 Å². The standard InChI is InChI=1S/C12H18B3N4/c1-18-9-8-12(10-18)15-17-13-16-14(19(15)2)11-6-4-3-5-7-11/h3-9,12,16-17H,10H2,1-2H3. The van der Waals surface area contributed by atoms with Gasteiger partial charge in [0.25, 0.3) is 14.5 Å². The van der Waals surface area contributed by atoms with Gasteiger partial charge in [0.15, 0.2) is 0 Å². The SMILES string of the molecule is CN1C=CC(B2N[B]NB(c3ccccc3)N2C)C1. The number of nitrogens with zero attached hydrogens (tertiary/aromatic N) is 2. The van der Waals surface area contributed by atoms with E-state index in [9.17, 15) is 0 Å². The molecular formula is C12H18B3N4. The molecule has 0 aromatic heterocycles. The number of nitrogens with one attached hydrogen (secondary N) is 2. The van der Waals surface area contributed by atoms with Crippen molar-refractivity contribution in [2.75, 3.05) is 20.6 Å². The molecule has 3 rings (SSSR count). The third kappa shape index (κ3) is 2.59. The molecule has 0 saturated carbocycles. The van der Waals surface area contributed by atoms with Crippen LogP contribution in [-0.4, -0.2) is 51.8 Å². The number of rotatable bonds is 2. The lowest BCUT2D eigenvalue weighted by Gasteiger charge is -2.39. The van der Waals surface area contributed by atoms with Gasteiger partial charge in [-0.2, -0.15) is 0 Å². The molecule has 2 aliphatic rings. The molecule has 0 aliphatic carbocycles. The van der Waals surface area contributed by atoms with E-state index in [1.807, 2.05) is 7.55 Å². The van der Waals surface area contributed by atoms with Crippen LogP contribution in [0.25, 0.3) is 0 Å². The molecule has 0 spiro atoms. The molecule has 1 saturated heterocycles. The van der Waals surface area contributed by atoms with Crippen LogP contribution >= 0.6 is 0 Å². The van der Waals surface area contributed by atoms with E-state index in [-0.39, 0.29) is 6.98 Å². The molecule has 1 aromatic carbocycles. The lowest BCUT2D eigenvalue weighted by atomic mass is 9.46. The van der Waals surface area contributed by atoms with Gasteiger partial charge >= 0.3 is 6.98 Å². The van der Waals surface area contributed by atoms with E-state index in [1.54, 1.807) is 0 Å². The molecule has 0 bridgehead atoms. The zero-order valence-corrected chi connectivity index (χ0v) is 11.5. The van der Waals surface area contributed by atoms with Crippen LogP contribution in [-0.2, 0) is 0 Å². The maximum absolute atomic E-state index is 3.44. The second-order valence-corrected chi connectivity index (χ2v) is 5.35. The van der Waals surface area contributed by atoms with Crippen LogP contribution in [0.2, 0.25) is 5.82 Å². The van der Waals surface area contributed by atoms with E-state index in [1.165, 1.54) is 5.46 Å². The Kier molecular flexibility index (Phi) is 3.68. The van der Waals surface area contributed by atoms with Crippen molar-refractivity contribution in [2.45, 2.75) is 5.82 Å². The van der Waals surface area contributed by atoms with E-state index in [4.69, 9.17) is 0 Å². The van der Waals surface area contributed by atoms with Crippen molar-refractivity contribution in [1.29, 1.82) is 0 Å². The van der Waals surface area contributed by atoms with Gasteiger partial charge in [0, 0.05) is 19.4 Å². The van der Waals surface area contributed by atoms with E-state index in [0.29, 0.717) is 12.8 Å². The van der Waals surface area contributed by atoms with Crippen LogP contribution in [0.5, 0.6) is 0 Å². The Morgan fingerprint density at radius 1 is 1.21 bits per heavy atom. The predicted molar refractivity (Wildman–Crippen MR) is 82.9 cm³/mol. The highest BCUT2D eigenvalue weighted by Crippen LogP contribution is 2.21. The number of benzene rings is 1. The Bertz CT molecular complexity index is 456. The van der Waals surface area contributed by atoms with Gasteiger partial charge in [0.2, 0.25) is 0 Å². The summed E-state index contributed by atoms with van der Waals surface area (Å²) in [5.41, 5.74) is 1.29. The summed E-state index contributed by atoms with van der Waals surface area (Å²) in [6, 6.07) is 10.6. The average Bonchev–Trinajstić information content (AvgIpc) is 2.86. The molecule has 1 fully saturated rings. The van der Waals surface area contributed by atoms with Crippen molar-refractivity contribution in [3.05, 3.63) is 42.6 Å². The third-order valence-electron chi connectivity index (χ3n) is 3.95. The smallest absolute Gasteiger partial charge is 0.322 e. The van der Waals surface area contributed by atoms with E-state index in [2.05, 4.69) is 76.6 Å². The Balaban J connectivity index is 1.76. The Hall–Kier alpha value is -1.17. The second-order valence-electron chi connectivity index (χ2n) is 5.35. The van der Waals surface area contributed by atoms with Gasteiger partial charge in [-0.25, -0.2) is 0 Å². The van der Waals surface area contributed by atoms with Crippen molar-refractivity contribution in [3.8, 4) is 0 Å². The summed E-state index contributed by atoms with van der Waals surface area (Å²) in [5.74, 6) is 0.513. The van der Waals surface area contributed by atoms with Crippen LogP contribution in [0, 0.1) is 0 Å². The molecule has 1 radical (unpaired) electrons. The predicted octanol–water partition coefficient (Wildman–Crippen LogP) is -0.642. The topological polar surface area (TPSA) is 30.5 Å². The molecule has 4 nitrogen and oxygen atoms in total. The van der Waals surface area contributed by atoms with Gasteiger partial charge in [-0.1, -0.05) is 36.4 Å². The minimum atomic E-state index is 0.228. The molecule has 1 unspecified atom stereocenters. The fourth-order valence-corrected chi connectivity index (χ4v) is 2.92. The van der Waals surface area contributed by atoms with Crippen molar-refractivity contribution in [1.82, 2.24) is 19.9 Å². The molecule has 95 valence electrons. The molecule has 7 heteroatoms. The zero-order valence-electron chi connectivity index (χ0n) is 11.5. The summed E-state index contributed by atoms with van der Waals surface area (Å²) in [4.78, 5) is 2.24. The van der Waals surface area contributed by atoms with E-state index >= 15 is 0 Å². The Morgan fingerprint density at radius 2 is 2.00 bits per heavy atom. The fraction of sp³-hybridized carbons (Fsp3) is 0.333. The van der Waals surface area contributed by atoms with E-state index in [0.717, 1.165) is 6.54 Å². The Labute approximate surface area is 116 Å². The molecule has 1 aromatic rings. The largest absolute Gasteiger partial charge is 0.381 e. The molecule has 2 aliphatic heterocycles. The molecule has 19 heavy (non-hydrogen) atoms. The minimum Gasteiger partial charge on any atom is -0.381 e. The first-order valence-electron chi connectivity index (χ1n) is 6.75. The van der Waals surface area contributed by atoms with Gasteiger partial charge < -0.3 is 19.9 Å². The maximum Gasteiger partial charge on any atom is 0.322 e. The highest BCUT2D eigenvalue weighted by Gasteiger charge is 2.40. The van der Waals surface area contributed by atoms with Crippen LogP contribution in [0.15, 0.2) is 42.6 Å². The summed E-state index contributed by atoms with van der Waals surface area (Å²) < 4.78 is 2.36. The van der Waals surface area contributed by atoms with Crippen LogP contribution in [0.1, 0.15) is 0 Å². The van der Waals surface area contributed by atoms with Crippen molar-refractivity contribution >= 4 is 27.0 Å². The fourth-order valence-electron chi connectivity index (χ4n) is 2.92. The molecule has 2 heterocycles. The highest BCUT2D eigenvalue weighted by atomic mass is 15.2. The van der Waals surface area contributed by atoms with Gasteiger partial charge in [-0.3, -0.25) is 0 Å². The number of hydrogen-bond donors (Lipinski definition) is 2. The first-order valence-corrected chi connectivity index (χ1v) is 6.75. The van der Waals surface area contributed by atoms with Gasteiger partial charge in [0.05, 0.1) is 0 Å². The summed E-state index contributed by atoms with van der Waals surface area (Å²) in [5, 5.41) is 6.84. The maximum atomic E-state index is 3.44. The van der Waals surface area contributed by atoms with Crippen molar-refractivity contribution in [2.24, 2.45) is 0 Å². The summed E-state index contributed by atoms with van der Waals surface area (Å²) >= 11 is 0. The van der Waals surface area contributed by atoms with Crippen LogP contribution in [0.3, 0.4) is 0 Å². The summed E-state index contributed by atoms with van der Waals surface area (Å²) in [6.07, 6.45) is 4.45. The molecule has 2 N–H and O–H groups in total. The normalized spacial score (nSPS) is 23.9. The van der Waals surface area contributed by atoms with Crippen LogP contribution in [0.4, 0.5) is 0 Å². The first-order chi connectivity index (χ1) is 9.25. The zero-order chi connectivity index (χ0) is 13.2. The van der Waals surface area contributed by atoms with E-state index < -0.39 is 0 Å². The molecular weight excluding hydrogens is 233 g/mol. The monoisotopic (exact) mass is 251 g/mol. The molecule has 1 atom stereocenters. The first kappa shape index (κ1) is 12.8. The minimum absolute atomic E-state index is 0.228. The second kappa shape index (κ2) is 5.45. The highest BCUT2D eigenvalue weighted by molar-refractivity contribution is 6.87. The lowest BCUT2D eigenvalue weighted by molar-refractivity contribution is 0.488. The van der Waals surface area contributed by atoms with Crippen molar-refractivity contribution < 1.29 is 0 Å². The lowest BCUT2D eigenvalue weighted by Crippen LogP contribution is -2.74. The number of hydrogen-bond acceptors (Lipinski definition) is 4. The quantitative estimate of drug-likeness (QED) is 0.684. The van der Waals surface area contributed by atoms with Crippen molar-refractivity contribution in [3.63, 3.8) is 0 Å². The average molecular weight is 251 g/mol. The summed E-state index contributed by atoms with van der Waals surface area (Å²) in [7, 11) is 6.27. The van der Waals surface area contributed by atoms with Gasteiger partial charge in [0.1, 0.15) is 0 Å². The molecule has 0 amide bonds. The third-order valence-corrected chi connectivity index (χ3v) is 3.95. The Morgan fingerprint density at radius 3 is 2.68 bits per heavy atom. The van der Waals surface area contributed by atoms with Gasteiger partial charge in [-0.05, 0) is 18.7 Å².